The van der Waals surface area contributed by atoms with Gasteiger partial charge in [-0.25, -0.2) is 0 Å². The zero-order chi connectivity index (χ0) is 18.8. The second kappa shape index (κ2) is 11.5. The van der Waals surface area contributed by atoms with Crippen molar-refractivity contribution in [3.63, 3.8) is 0 Å². The number of Topliss-reactive ketones (excluding diaryl/α,β-unsaturated/α-hetero) is 1. The predicted molar refractivity (Wildman–Crippen MR) is 109 cm³/mol. The highest BCUT2D eigenvalue weighted by Crippen LogP contribution is 2.34. The van der Waals surface area contributed by atoms with Gasteiger partial charge in [0.15, 0.2) is 0 Å². The SMILES string of the molecule is O=C(O)CSCCCSC1C(=O)CCC1C=CC(O)Cc1ccccc1. The lowest BCUT2D eigenvalue weighted by atomic mass is 10.0. The van der Waals surface area contributed by atoms with E-state index in [4.69, 9.17) is 5.11 Å². The summed E-state index contributed by atoms with van der Waals surface area (Å²) in [6.07, 6.45) is 6.23. The van der Waals surface area contributed by atoms with Gasteiger partial charge in [-0.3, -0.25) is 9.59 Å². The van der Waals surface area contributed by atoms with E-state index in [0.717, 1.165) is 29.9 Å². The summed E-state index contributed by atoms with van der Waals surface area (Å²) < 4.78 is 0. The molecule has 1 aromatic carbocycles. The quantitative estimate of drug-likeness (QED) is 0.442. The molecule has 142 valence electrons. The second-order valence-electron chi connectivity index (χ2n) is 6.40. The van der Waals surface area contributed by atoms with Crippen LogP contribution in [0.1, 0.15) is 24.8 Å². The highest BCUT2D eigenvalue weighted by Gasteiger charge is 2.33. The van der Waals surface area contributed by atoms with Gasteiger partial charge in [0.25, 0.3) is 0 Å². The smallest absolute Gasteiger partial charge is 0.313 e. The molecular formula is C20H26O4S2. The molecule has 1 aliphatic rings. The van der Waals surface area contributed by atoms with Crippen LogP contribution in [0.5, 0.6) is 0 Å². The largest absolute Gasteiger partial charge is 0.481 e. The summed E-state index contributed by atoms with van der Waals surface area (Å²) in [7, 11) is 0. The lowest BCUT2D eigenvalue weighted by molar-refractivity contribution is -0.133. The number of aliphatic hydroxyl groups excluding tert-OH is 1. The Morgan fingerprint density at radius 2 is 2.04 bits per heavy atom. The molecule has 2 N–H and O–H groups in total. The lowest BCUT2D eigenvalue weighted by Crippen LogP contribution is -2.17. The summed E-state index contributed by atoms with van der Waals surface area (Å²) in [5.74, 6) is 1.49. The summed E-state index contributed by atoms with van der Waals surface area (Å²) in [5.41, 5.74) is 1.09. The maximum Gasteiger partial charge on any atom is 0.313 e. The van der Waals surface area contributed by atoms with Crippen LogP contribution in [0.2, 0.25) is 0 Å². The summed E-state index contributed by atoms with van der Waals surface area (Å²) in [4.78, 5) is 22.6. The molecule has 0 bridgehead atoms. The molecule has 0 aromatic heterocycles. The normalized spacial score (nSPS) is 21.3. The number of aliphatic hydroxyl groups is 1. The van der Waals surface area contributed by atoms with E-state index in [9.17, 15) is 14.7 Å². The number of carbonyl (C=O) groups is 2. The molecule has 4 nitrogen and oxygen atoms in total. The number of carboxylic acid groups (broad SMARTS) is 1. The van der Waals surface area contributed by atoms with Crippen molar-refractivity contribution < 1.29 is 19.8 Å². The molecule has 1 saturated carbocycles. The number of benzene rings is 1. The van der Waals surface area contributed by atoms with Gasteiger partial charge in [-0.1, -0.05) is 42.5 Å². The number of aliphatic carboxylic acids is 1. The van der Waals surface area contributed by atoms with Gasteiger partial charge < -0.3 is 10.2 Å². The highest BCUT2D eigenvalue weighted by molar-refractivity contribution is 8.01. The first-order valence-electron chi connectivity index (χ1n) is 8.90. The summed E-state index contributed by atoms with van der Waals surface area (Å²) in [5, 5.41) is 18.8. The minimum absolute atomic E-state index is 0.0281. The first kappa shape index (κ1) is 21.1. The van der Waals surface area contributed by atoms with E-state index in [1.807, 2.05) is 42.5 Å². The van der Waals surface area contributed by atoms with E-state index in [-0.39, 0.29) is 16.9 Å². The van der Waals surface area contributed by atoms with E-state index in [2.05, 4.69) is 0 Å². The van der Waals surface area contributed by atoms with E-state index in [1.165, 1.54) is 11.8 Å². The van der Waals surface area contributed by atoms with Gasteiger partial charge in [0.2, 0.25) is 0 Å². The molecule has 0 radical (unpaired) electrons. The zero-order valence-corrected chi connectivity index (χ0v) is 16.4. The molecule has 0 amide bonds. The van der Waals surface area contributed by atoms with Crippen molar-refractivity contribution in [1.82, 2.24) is 0 Å². The van der Waals surface area contributed by atoms with Crippen molar-refractivity contribution in [3.8, 4) is 0 Å². The Morgan fingerprint density at radius 1 is 1.27 bits per heavy atom. The Hall–Kier alpha value is -1.24. The fourth-order valence-electron chi connectivity index (χ4n) is 2.98. The number of hydrogen-bond donors (Lipinski definition) is 2. The van der Waals surface area contributed by atoms with Crippen LogP contribution in [0, 0.1) is 5.92 Å². The van der Waals surface area contributed by atoms with Crippen molar-refractivity contribution in [1.29, 1.82) is 0 Å². The molecule has 1 fully saturated rings. The molecular weight excluding hydrogens is 368 g/mol. The first-order chi connectivity index (χ1) is 12.6. The van der Waals surface area contributed by atoms with Gasteiger partial charge >= 0.3 is 5.97 Å². The molecule has 0 spiro atoms. The average molecular weight is 395 g/mol. The summed E-state index contributed by atoms with van der Waals surface area (Å²) in [6.45, 7) is 0. The van der Waals surface area contributed by atoms with Gasteiger partial charge in [-0.15, -0.1) is 11.8 Å². The molecule has 0 aliphatic heterocycles. The highest BCUT2D eigenvalue weighted by atomic mass is 32.2. The number of carboxylic acids is 1. The van der Waals surface area contributed by atoms with E-state index < -0.39 is 12.1 Å². The fourth-order valence-corrected chi connectivity index (χ4v) is 5.17. The van der Waals surface area contributed by atoms with Crippen molar-refractivity contribution >= 4 is 35.3 Å². The minimum Gasteiger partial charge on any atom is -0.481 e. The summed E-state index contributed by atoms with van der Waals surface area (Å²) >= 11 is 3.09. The van der Waals surface area contributed by atoms with Crippen molar-refractivity contribution in [2.75, 3.05) is 17.3 Å². The number of ketones is 1. The predicted octanol–water partition coefficient (Wildman–Crippen LogP) is 3.44. The third kappa shape index (κ3) is 7.56. The Bertz CT molecular complexity index is 603. The number of allylic oxidation sites excluding steroid dienone is 1. The zero-order valence-electron chi connectivity index (χ0n) is 14.8. The van der Waals surface area contributed by atoms with Gasteiger partial charge in [0.05, 0.1) is 17.1 Å². The van der Waals surface area contributed by atoms with Crippen molar-refractivity contribution in [2.45, 2.75) is 37.0 Å². The standard InChI is InChI=1S/C20H26O4S2/c21-17(13-15-5-2-1-3-6-15)9-7-16-8-10-18(22)20(16)26-12-4-11-25-14-19(23)24/h1-3,5-7,9,16-17,20-21H,4,8,10-14H2,(H,23,24). The van der Waals surface area contributed by atoms with Crippen LogP contribution in [0.15, 0.2) is 42.5 Å². The van der Waals surface area contributed by atoms with Gasteiger partial charge in [-0.2, -0.15) is 11.8 Å². The topological polar surface area (TPSA) is 74.6 Å². The Balaban J connectivity index is 1.74. The molecule has 6 heteroatoms. The van der Waals surface area contributed by atoms with Crippen molar-refractivity contribution in [2.24, 2.45) is 5.92 Å². The minimum atomic E-state index is -0.784. The average Bonchev–Trinajstić information content (AvgIpc) is 2.97. The number of thioether (sulfide) groups is 2. The van der Waals surface area contributed by atoms with Gasteiger partial charge in [0.1, 0.15) is 5.78 Å². The number of hydrogen-bond acceptors (Lipinski definition) is 5. The monoisotopic (exact) mass is 394 g/mol. The third-order valence-corrected chi connectivity index (χ3v) is 6.78. The Kier molecular flexibility index (Phi) is 9.29. The van der Waals surface area contributed by atoms with Crippen LogP contribution >= 0.6 is 23.5 Å². The molecule has 3 atom stereocenters. The van der Waals surface area contributed by atoms with Crippen LogP contribution in [0.3, 0.4) is 0 Å². The van der Waals surface area contributed by atoms with E-state index >= 15 is 0 Å². The molecule has 3 unspecified atom stereocenters. The van der Waals surface area contributed by atoms with Crippen LogP contribution in [0.25, 0.3) is 0 Å². The maximum absolute atomic E-state index is 12.1. The Labute approximate surface area is 163 Å². The first-order valence-corrected chi connectivity index (χ1v) is 11.1. The molecule has 26 heavy (non-hydrogen) atoms. The van der Waals surface area contributed by atoms with E-state index in [0.29, 0.717) is 18.6 Å². The van der Waals surface area contributed by atoms with Crippen LogP contribution < -0.4 is 0 Å². The molecule has 2 rings (SSSR count). The second-order valence-corrected chi connectivity index (χ2v) is 8.76. The van der Waals surface area contributed by atoms with Crippen LogP contribution in [0.4, 0.5) is 0 Å². The van der Waals surface area contributed by atoms with Crippen LogP contribution in [-0.2, 0) is 16.0 Å². The fraction of sp³-hybridized carbons (Fsp3) is 0.500. The number of carbonyl (C=O) groups excluding carboxylic acids is 1. The summed E-state index contributed by atoms with van der Waals surface area (Å²) in [6, 6.07) is 9.87. The van der Waals surface area contributed by atoms with E-state index in [1.54, 1.807) is 11.8 Å². The molecule has 0 saturated heterocycles. The maximum atomic E-state index is 12.1. The molecule has 1 aliphatic carbocycles. The number of rotatable bonds is 11. The molecule has 1 aromatic rings. The Morgan fingerprint density at radius 3 is 2.77 bits per heavy atom. The van der Waals surface area contributed by atoms with Gasteiger partial charge in [0, 0.05) is 12.8 Å². The van der Waals surface area contributed by atoms with Gasteiger partial charge in [-0.05, 0) is 35.8 Å². The van der Waals surface area contributed by atoms with Crippen LogP contribution in [-0.4, -0.2) is 50.6 Å². The lowest BCUT2D eigenvalue weighted by Gasteiger charge is -2.15. The molecule has 0 heterocycles. The van der Waals surface area contributed by atoms with Crippen molar-refractivity contribution in [3.05, 3.63) is 48.0 Å². The third-order valence-electron chi connectivity index (χ3n) is 4.25.